The number of aromatic nitrogens is 2. The van der Waals surface area contributed by atoms with Crippen LogP contribution in [0.25, 0.3) is 5.65 Å². The Morgan fingerprint density at radius 1 is 1.24 bits per heavy atom. The van der Waals surface area contributed by atoms with Crippen molar-refractivity contribution >= 4 is 5.65 Å². The van der Waals surface area contributed by atoms with Crippen molar-refractivity contribution in [2.24, 2.45) is 5.73 Å². The van der Waals surface area contributed by atoms with Gasteiger partial charge in [0.25, 0.3) is 0 Å². The number of benzene rings is 1. The quantitative estimate of drug-likeness (QED) is 0.800. The molecule has 1 aromatic carbocycles. The summed E-state index contributed by atoms with van der Waals surface area (Å²) in [4.78, 5) is 4.74. The minimum atomic E-state index is -0.225. The molecule has 0 amide bonds. The van der Waals surface area contributed by atoms with Crippen molar-refractivity contribution in [2.75, 3.05) is 0 Å². The molecule has 1 unspecified atom stereocenters. The van der Waals surface area contributed by atoms with E-state index in [4.69, 9.17) is 10.7 Å². The number of halogens is 1. The largest absolute Gasteiger partial charge is 0.323 e. The first-order valence-electron chi connectivity index (χ1n) is 7.02. The molecule has 1 atom stereocenters. The van der Waals surface area contributed by atoms with E-state index in [9.17, 15) is 4.39 Å². The van der Waals surface area contributed by atoms with Gasteiger partial charge >= 0.3 is 0 Å². The van der Waals surface area contributed by atoms with Crippen LogP contribution in [0.3, 0.4) is 0 Å². The second-order valence-corrected chi connectivity index (χ2v) is 5.42. The number of aryl methyl sites for hydroxylation is 1. The van der Waals surface area contributed by atoms with Crippen LogP contribution in [0.2, 0.25) is 0 Å². The molecule has 0 radical (unpaired) electrons. The minimum absolute atomic E-state index is 0.114. The topological polar surface area (TPSA) is 43.3 Å². The van der Waals surface area contributed by atoms with Crippen molar-refractivity contribution in [3.63, 3.8) is 0 Å². The Kier molecular flexibility index (Phi) is 3.47. The Hall–Kier alpha value is -2.20. The molecule has 2 heterocycles. The van der Waals surface area contributed by atoms with Crippen LogP contribution in [-0.2, 0) is 6.42 Å². The van der Waals surface area contributed by atoms with Gasteiger partial charge in [-0.2, -0.15) is 0 Å². The fraction of sp³-hybridized carbons (Fsp3) is 0.235. The van der Waals surface area contributed by atoms with E-state index in [0.29, 0.717) is 6.42 Å². The predicted octanol–water partition coefficient (Wildman–Crippen LogP) is 3.39. The molecule has 21 heavy (non-hydrogen) atoms. The van der Waals surface area contributed by atoms with Gasteiger partial charge in [-0.1, -0.05) is 18.2 Å². The normalized spacial score (nSPS) is 12.8. The van der Waals surface area contributed by atoms with Gasteiger partial charge in [0.15, 0.2) is 0 Å². The lowest BCUT2D eigenvalue weighted by Crippen LogP contribution is -2.11. The first-order chi connectivity index (χ1) is 10.1. The van der Waals surface area contributed by atoms with E-state index in [2.05, 4.69) is 4.40 Å². The summed E-state index contributed by atoms with van der Waals surface area (Å²) in [5.74, 6) is -0.225. The number of hydrogen-bond acceptors (Lipinski definition) is 2. The monoisotopic (exact) mass is 283 g/mol. The summed E-state index contributed by atoms with van der Waals surface area (Å²) in [6.07, 6.45) is 2.64. The molecule has 2 aromatic heterocycles. The Bertz CT molecular complexity index is 773. The van der Waals surface area contributed by atoms with Crippen LogP contribution in [0.1, 0.15) is 35.5 Å². The van der Waals surface area contributed by atoms with Gasteiger partial charge in [0.05, 0.1) is 11.4 Å². The second kappa shape index (κ2) is 5.30. The Labute approximate surface area is 123 Å². The molecule has 0 fully saturated rings. The van der Waals surface area contributed by atoms with Gasteiger partial charge in [0.1, 0.15) is 11.5 Å². The molecule has 2 N–H and O–H groups in total. The van der Waals surface area contributed by atoms with Crippen molar-refractivity contribution in [2.45, 2.75) is 26.3 Å². The zero-order chi connectivity index (χ0) is 15.0. The van der Waals surface area contributed by atoms with Crippen LogP contribution in [0.15, 0.2) is 42.6 Å². The molecule has 3 nitrogen and oxygen atoms in total. The fourth-order valence-corrected chi connectivity index (χ4v) is 2.68. The summed E-state index contributed by atoms with van der Waals surface area (Å²) in [6.45, 7) is 3.99. The van der Waals surface area contributed by atoms with E-state index in [1.165, 1.54) is 12.1 Å². The van der Waals surface area contributed by atoms with Crippen molar-refractivity contribution in [1.29, 1.82) is 0 Å². The van der Waals surface area contributed by atoms with Gasteiger partial charge in [0.2, 0.25) is 0 Å². The highest BCUT2D eigenvalue weighted by atomic mass is 19.1. The van der Waals surface area contributed by atoms with E-state index in [1.807, 2.05) is 32.2 Å². The summed E-state index contributed by atoms with van der Waals surface area (Å²) in [7, 11) is 0. The SMILES string of the molecule is Cc1cccn2c(C(C)N)c(Cc3ccc(F)cc3)nc12. The highest BCUT2D eigenvalue weighted by Crippen LogP contribution is 2.23. The average molecular weight is 283 g/mol. The van der Waals surface area contributed by atoms with Crippen molar-refractivity contribution < 1.29 is 4.39 Å². The molecule has 3 rings (SSSR count). The molecule has 0 saturated heterocycles. The van der Waals surface area contributed by atoms with Crippen LogP contribution in [0.5, 0.6) is 0 Å². The molecule has 0 aliphatic carbocycles. The van der Waals surface area contributed by atoms with Crippen LogP contribution in [-0.4, -0.2) is 9.38 Å². The number of fused-ring (bicyclic) bond motifs is 1. The predicted molar refractivity (Wildman–Crippen MR) is 81.7 cm³/mol. The van der Waals surface area contributed by atoms with Crippen LogP contribution >= 0.6 is 0 Å². The van der Waals surface area contributed by atoms with E-state index < -0.39 is 0 Å². The van der Waals surface area contributed by atoms with E-state index >= 15 is 0 Å². The zero-order valence-corrected chi connectivity index (χ0v) is 12.2. The number of nitrogens with zero attached hydrogens (tertiary/aromatic N) is 2. The molecule has 3 aromatic rings. The summed E-state index contributed by atoms with van der Waals surface area (Å²) in [5.41, 5.74) is 11.2. The maximum absolute atomic E-state index is 13.0. The van der Waals surface area contributed by atoms with E-state index in [0.717, 1.165) is 28.2 Å². The molecule has 0 aliphatic rings. The molecular formula is C17H18FN3. The van der Waals surface area contributed by atoms with Crippen molar-refractivity contribution in [1.82, 2.24) is 9.38 Å². The van der Waals surface area contributed by atoms with Gasteiger partial charge in [-0.3, -0.25) is 0 Å². The van der Waals surface area contributed by atoms with Gasteiger partial charge in [0, 0.05) is 18.7 Å². The molecular weight excluding hydrogens is 265 g/mol. The lowest BCUT2D eigenvalue weighted by atomic mass is 10.1. The smallest absolute Gasteiger partial charge is 0.140 e. The molecule has 108 valence electrons. The summed E-state index contributed by atoms with van der Waals surface area (Å²) in [6, 6.07) is 10.4. The maximum Gasteiger partial charge on any atom is 0.140 e. The summed E-state index contributed by atoms with van der Waals surface area (Å²) < 4.78 is 15.1. The highest BCUT2D eigenvalue weighted by Gasteiger charge is 2.16. The number of rotatable bonds is 3. The van der Waals surface area contributed by atoms with Crippen molar-refractivity contribution in [3.05, 3.63) is 70.9 Å². The Morgan fingerprint density at radius 3 is 2.62 bits per heavy atom. The fourth-order valence-electron chi connectivity index (χ4n) is 2.68. The van der Waals surface area contributed by atoms with Gasteiger partial charge in [-0.05, 0) is 43.2 Å². The first-order valence-corrected chi connectivity index (χ1v) is 7.02. The molecule has 0 aliphatic heterocycles. The highest BCUT2D eigenvalue weighted by molar-refractivity contribution is 5.51. The van der Waals surface area contributed by atoms with E-state index in [-0.39, 0.29) is 11.9 Å². The lowest BCUT2D eigenvalue weighted by molar-refractivity contribution is 0.627. The van der Waals surface area contributed by atoms with E-state index in [1.54, 1.807) is 12.1 Å². The third kappa shape index (κ3) is 2.54. The average Bonchev–Trinajstić information content (AvgIpc) is 2.81. The maximum atomic E-state index is 13.0. The van der Waals surface area contributed by atoms with Gasteiger partial charge in [-0.15, -0.1) is 0 Å². The number of pyridine rings is 1. The molecule has 0 spiro atoms. The summed E-state index contributed by atoms with van der Waals surface area (Å²) >= 11 is 0. The molecule has 4 heteroatoms. The Balaban J connectivity index is 2.11. The lowest BCUT2D eigenvalue weighted by Gasteiger charge is -2.09. The molecule has 0 bridgehead atoms. The minimum Gasteiger partial charge on any atom is -0.323 e. The van der Waals surface area contributed by atoms with Crippen LogP contribution in [0, 0.1) is 12.7 Å². The summed E-state index contributed by atoms with van der Waals surface area (Å²) in [5, 5.41) is 0. The standard InChI is InChI=1S/C17H18FN3/c1-11-4-3-9-21-16(12(2)19)15(20-17(11)21)10-13-5-7-14(18)8-6-13/h3-9,12H,10,19H2,1-2H3. The van der Waals surface area contributed by atoms with Crippen LogP contribution in [0.4, 0.5) is 4.39 Å². The third-order valence-electron chi connectivity index (χ3n) is 3.67. The Morgan fingerprint density at radius 2 is 1.95 bits per heavy atom. The van der Waals surface area contributed by atoms with Gasteiger partial charge < -0.3 is 10.1 Å². The van der Waals surface area contributed by atoms with Gasteiger partial charge in [-0.25, -0.2) is 9.37 Å². The first kappa shape index (κ1) is 13.8. The molecule has 0 saturated carbocycles. The number of hydrogen-bond donors (Lipinski definition) is 1. The third-order valence-corrected chi connectivity index (χ3v) is 3.67. The van der Waals surface area contributed by atoms with Crippen LogP contribution < -0.4 is 5.73 Å². The second-order valence-electron chi connectivity index (χ2n) is 5.42. The van der Waals surface area contributed by atoms with Crippen molar-refractivity contribution in [3.8, 4) is 0 Å². The number of imidazole rings is 1. The zero-order valence-electron chi connectivity index (χ0n) is 12.2. The number of nitrogens with two attached hydrogens (primary N) is 1.